The van der Waals surface area contributed by atoms with E-state index in [0.717, 1.165) is 18.5 Å². The van der Waals surface area contributed by atoms with E-state index < -0.39 is 0 Å². The zero-order valence-corrected chi connectivity index (χ0v) is 12.1. The smallest absolute Gasteiger partial charge is 0.272 e. The summed E-state index contributed by atoms with van der Waals surface area (Å²) in [5.74, 6) is 0. The summed E-state index contributed by atoms with van der Waals surface area (Å²) in [7, 11) is 0. The van der Waals surface area contributed by atoms with Crippen LogP contribution in [0.3, 0.4) is 0 Å². The molecule has 112 valence electrons. The number of H-pyrrole nitrogens is 2. The Bertz CT molecular complexity index is 724. The number of hydrogen-bond acceptors (Lipinski definition) is 3. The SMILES string of the molecule is O=c1[nH][nH]c(=O)c2c(NC3CCCCCCC3)cccc12. The molecular weight excluding hydrogens is 266 g/mol. The van der Waals surface area contributed by atoms with Crippen LogP contribution in [0.5, 0.6) is 0 Å². The van der Waals surface area contributed by atoms with Crippen molar-refractivity contribution in [3.05, 3.63) is 38.9 Å². The van der Waals surface area contributed by atoms with Gasteiger partial charge in [-0.15, -0.1) is 0 Å². The molecule has 1 heterocycles. The molecule has 21 heavy (non-hydrogen) atoms. The minimum atomic E-state index is -0.258. The topological polar surface area (TPSA) is 77.8 Å². The Balaban J connectivity index is 1.95. The Morgan fingerprint density at radius 2 is 1.57 bits per heavy atom. The number of fused-ring (bicyclic) bond motifs is 1. The number of aromatic amines is 2. The number of aromatic nitrogens is 2. The van der Waals surface area contributed by atoms with Gasteiger partial charge in [0, 0.05) is 11.7 Å². The quantitative estimate of drug-likeness (QED) is 0.794. The van der Waals surface area contributed by atoms with E-state index in [1.54, 1.807) is 6.07 Å². The van der Waals surface area contributed by atoms with E-state index in [0.29, 0.717) is 16.8 Å². The first kappa shape index (κ1) is 13.9. The highest BCUT2D eigenvalue weighted by atomic mass is 16.1. The van der Waals surface area contributed by atoms with Crippen molar-refractivity contribution in [2.75, 3.05) is 5.32 Å². The first-order chi connectivity index (χ1) is 10.3. The van der Waals surface area contributed by atoms with Gasteiger partial charge in [-0.1, -0.05) is 38.2 Å². The van der Waals surface area contributed by atoms with Crippen LogP contribution in [0.1, 0.15) is 44.9 Å². The van der Waals surface area contributed by atoms with Gasteiger partial charge in [0.15, 0.2) is 0 Å². The second kappa shape index (κ2) is 6.16. The maximum absolute atomic E-state index is 12.1. The van der Waals surface area contributed by atoms with Crippen LogP contribution >= 0.6 is 0 Å². The summed E-state index contributed by atoms with van der Waals surface area (Å²) in [4.78, 5) is 23.9. The lowest BCUT2D eigenvalue weighted by Gasteiger charge is -2.22. The van der Waals surface area contributed by atoms with E-state index in [-0.39, 0.29) is 11.1 Å². The fourth-order valence-electron chi connectivity index (χ4n) is 3.17. The maximum Gasteiger partial charge on any atom is 0.272 e. The van der Waals surface area contributed by atoms with Crippen LogP contribution < -0.4 is 16.4 Å². The molecule has 5 nitrogen and oxygen atoms in total. The molecule has 2 aromatic rings. The molecule has 3 rings (SSSR count). The number of anilines is 1. The van der Waals surface area contributed by atoms with Crippen molar-refractivity contribution in [3.8, 4) is 0 Å². The molecule has 1 aromatic carbocycles. The molecule has 0 spiro atoms. The van der Waals surface area contributed by atoms with Crippen LogP contribution in [0.25, 0.3) is 10.8 Å². The number of benzene rings is 1. The average Bonchev–Trinajstić information content (AvgIpc) is 2.46. The molecule has 3 N–H and O–H groups in total. The van der Waals surface area contributed by atoms with E-state index in [2.05, 4.69) is 15.5 Å². The summed E-state index contributed by atoms with van der Waals surface area (Å²) in [5.41, 5.74) is 0.259. The fourth-order valence-corrected chi connectivity index (χ4v) is 3.17. The van der Waals surface area contributed by atoms with Gasteiger partial charge >= 0.3 is 0 Å². The van der Waals surface area contributed by atoms with E-state index >= 15 is 0 Å². The molecule has 1 saturated carbocycles. The molecule has 1 aromatic heterocycles. The molecule has 1 aliphatic carbocycles. The van der Waals surface area contributed by atoms with Crippen molar-refractivity contribution >= 4 is 16.5 Å². The largest absolute Gasteiger partial charge is 0.382 e. The predicted octanol–water partition coefficient (Wildman–Crippen LogP) is 2.74. The molecule has 5 heteroatoms. The number of nitrogens with one attached hydrogen (secondary N) is 3. The predicted molar refractivity (Wildman–Crippen MR) is 84.9 cm³/mol. The third-order valence-electron chi connectivity index (χ3n) is 4.29. The van der Waals surface area contributed by atoms with Gasteiger partial charge in [-0.05, 0) is 25.0 Å². The van der Waals surface area contributed by atoms with Crippen LogP contribution in [0.2, 0.25) is 0 Å². The van der Waals surface area contributed by atoms with Gasteiger partial charge in [-0.25, -0.2) is 0 Å². The summed E-state index contributed by atoms with van der Waals surface area (Å²) >= 11 is 0. The van der Waals surface area contributed by atoms with Crippen LogP contribution in [0.4, 0.5) is 5.69 Å². The molecule has 0 aliphatic heterocycles. The highest BCUT2D eigenvalue weighted by molar-refractivity contribution is 5.92. The zero-order chi connectivity index (χ0) is 14.7. The molecule has 0 atom stereocenters. The maximum atomic E-state index is 12.1. The van der Waals surface area contributed by atoms with E-state index in [1.165, 1.54) is 32.1 Å². The van der Waals surface area contributed by atoms with Gasteiger partial charge < -0.3 is 5.32 Å². The van der Waals surface area contributed by atoms with Gasteiger partial charge in [0.1, 0.15) is 0 Å². The van der Waals surface area contributed by atoms with Crippen LogP contribution in [0, 0.1) is 0 Å². The molecule has 1 aliphatic rings. The minimum absolute atomic E-state index is 0.251. The van der Waals surface area contributed by atoms with Crippen molar-refractivity contribution in [1.82, 2.24) is 10.2 Å². The third-order valence-corrected chi connectivity index (χ3v) is 4.29. The van der Waals surface area contributed by atoms with E-state index in [1.807, 2.05) is 12.1 Å². The van der Waals surface area contributed by atoms with Crippen molar-refractivity contribution < 1.29 is 0 Å². The van der Waals surface area contributed by atoms with Crippen LogP contribution in [-0.4, -0.2) is 16.2 Å². The molecule has 0 saturated heterocycles. The van der Waals surface area contributed by atoms with Gasteiger partial charge in [0.25, 0.3) is 11.1 Å². The third kappa shape index (κ3) is 3.01. The highest BCUT2D eigenvalue weighted by Gasteiger charge is 2.14. The summed E-state index contributed by atoms with van der Waals surface area (Å²) in [5, 5.41) is 9.17. The van der Waals surface area contributed by atoms with Gasteiger partial charge in [0.2, 0.25) is 0 Å². The van der Waals surface area contributed by atoms with Gasteiger partial charge in [-0.3, -0.25) is 19.8 Å². The lowest BCUT2D eigenvalue weighted by atomic mass is 9.96. The summed E-state index contributed by atoms with van der Waals surface area (Å²) in [6, 6.07) is 5.78. The molecule has 0 bridgehead atoms. The Kier molecular flexibility index (Phi) is 4.08. The fraction of sp³-hybridized carbons (Fsp3) is 0.500. The van der Waals surface area contributed by atoms with E-state index in [4.69, 9.17) is 0 Å². The lowest BCUT2D eigenvalue weighted by molar-refractivity contribution is 0.471. The van der Waals surface area contributed by atoms with Gasteiger partial charge in [0.05, 0.1) is 10.8 Å². The summed E-state index contributed by atoms with van der Waals surface area (Å²) in [6.07, 6.45) is 8.59. The Morgan fingerprint density at radius 1 is 0.905 bits per heavy atom. The average molecular weight is 287 g/mol. The first-order valence-electron chi connectivity index (χ1n) is 7.76. The molecular formula is C16H21N3O2. The standard InChI is InChI=1S/C16H21N3O2/c20-15-12-9-6-10-13(14(12)16(21)19-18-15)17-11-7-4-2-1-3-5-8-11/h6,9-11,17H,1-5,7-8H2,(H,18,20)(H,19,21). The van der Waals surface area contributed by atoms with Crippen LogP contribution in [-0.2, 0) is 0 Å². The second-order valence-electron chi connectivity index (χ2n) is 5.82. The first-order valence-corrected chi connectivity index (χ1v) is 7.76. The highest BCUT2D eigenvalue weighted by Crippen LogP contribution is 2.23. The monoisotopic (exact) mass is 287 g/mol. The van der Waals surface area contributed by atoms with Crippen LogP contribution in [0.15, 0.2) is 27.8 Å². The van der Waals surface area contributed by atoms with Crippen molar-refractivity contribution in [1.29, 1.82) is 0 Å². The summed E-state index contributed by atoms with van der Waals surface area (Å²) < 4.78 is 0. The molecule has 1 fully saturated rings. The minimum Gasteiger partial charge on any atom is -0.382 e. The lowest BCUT2D eigenvalue weighted by Crippen LogP contribution is -2.24. The Labute approximate surface area is 122 Å². The number of hydrogen-bond donors (Lipinski definition) is 3. The number of rotatable bonds is 2. The van der Waals surface area contributed by atoms with Crippen molar-refractivity contribution in [3.63, 3.8) is 0 Å². The molecule has 0 unspecified atom stereocenters. The Morgan fingerprint density at radius 3 is 2.33 bits per heavy atom. The van der Waals surface area contributed by atoms with Crippen molar-refractivity contribution in [2.24, 2.45) is 0 Å². The zero-order valence-electron chi connectivity index (χ0n) is 12.1. The normalized spacial score (nSPS) is 17.3. The summed E-state index contributed by atoms with van der Waals surface area (Å²) in [6.45, 7) is 0. The van der Waals surface area contributed by atoms with Gasteiger partial charge in [-0.2, -0.15) is 0 Å². The molecule has 0 amide bonds. The van der Waals surface area contributed by atoms with Crippen molar-refractivity contribution in [2.45, 2.75) is 51.0 Å². The molecule has 0 radical (unpaired) electrons. The second-order valence-corrected chi connectivity index (χ2v) is 5.82. The van der Waals surface area contributed by atoms with E-state index in [9.17, 15) is 9.59 Å². The Hall–Kier alpha value is -2.04.